The molecule has 0 spiro atoms. The van der Waals surface area contributed by atoms with Gasteiger partial charge in [0.05, 0.1) is 13.2 Å². The molecule has 0 bridgehead atoms. The molecular formula is C15H24N2O2. The summed E-state index contributed by atoms with van der Waals surface area (Å²) in [6.07, 6.45) is 0.927. The van der Waals surface area contributed by atoms with Gasteiger partial charge in [-0.25, -0.2) is 0 Å². The van der Waals surface area contributed by atoms with E-state index in [4.69, 9.17) is 4.74 Å². The number of benzene rings is 1. The van der Waals surface area contributed by atoms with E-state index in [1.165, 1.54) is 5.56 Å². The first-order valence-electron chi connectivity index (χ1n) is 6.80. The van der Waals surface area contributed by atoms with Gasteiger partial charge in [0.2, 0.25) is 5.91 Å². The van der Waals surface area contributed by atoms with Crippen molar-refractivity contribution in [1.29, 1.82) is 0 Å². The normalized spacial score (nSPS) is 13.7. The average Bonchev–Trinajstić information content (AvgIpc) is 2.45. The van der Waals surface area contributed by atoms with E-state index in [0.29, 0.717) is 6.54 Å². The number of ether oxygens (including phenoxy) is 1. The van der Waals surface area contributed by atoms with Crippen molar-refractivity contribution in [1.82, 2.24) is 10.6 Å². The third kappa shape index (κ3) is 4.56. The fourth-order valence-corrected chi connectivity index (χ4v) is 1.99. The molecule has 0 fully saturated rings. The van der Waals surface area contributed by atoms with E-state index in [-0.39, 0.29) is 18.0 Å². The van der Waals surface area contributed by atoms with E-state index in [1.54, 1.807) is 7.11 Å². The first kappa shape index (κ1) is 15.5. The molecule has 0 saturated carbocycles. The maximum atomic E-state index is 11.7. The molecule has 106 valence electrons. The van der Waals surface area contributed by atoms with Crippen LogP contribution in [0.3, 0.4) is 0 Å². The van der Waals surface area contributed by atoms with Crippen molar-refractivity contribution in [2.75, 3.05) is 13.7 Å². The Kier molecular flexibility index (Phi) is 6.36. The molecule has 2 atom stereocenters. The summed E-state index contributed by atoms with van der Waals surface area (Å²) >= 11 is 0. The highest BCUT2D eigenvalue weighted by Crippen LogP contribution is 2.20. The Bertz CT molecular complexity index is 390. The second-order valence-electron chi connectivity index (χ2n) is 4.52. The lowest BCUT2D eigenvalue weighted by atomic mass is 10.0. The fourth-order valence-electron chi connectivity index (χ4n) is 1.99. The smallest absolute Gasteiger partial charge is 0.236 e. The zero-order valence-corrected chi connectivity index (χ0v) is 12.2. The highest BCUT2D eigenvalue weighted by molar-refractivity contribution is 5.81. The van der Waals surface area contributed by atoms with Crippen LogP contribution in [-0.4, -0.2) is 25.6 Å². The van der Waals surface area contributed by atoms with Crippen molar-refractivity contribution >= 4 is 5.91 Å². The van der Waals surface area contributed by atoms with E-state index >= 15 is 0 Å². The van der Waals surface area contributed by atoms with Crippen LogP contribution in [0.2, 0.25) is 0 Å². The highest BCUT2D eigenvalue weighted by Gasteiger charge is 2.17. The van der Waals surface area contributed by atoms with Crippen LogP contribution in [0.25, 0.3) is 0 Å². The first-order chi connectivity index (χ1) is 9.12. The standard InChI is InChI=1S/C15H24N2O2/c1-5-14(17-11(3)15(18)16-6-2)12-7-9-13(19-4)10-8-12/h7-11,14,17H,5-6H2,1-4H3,(H,16,18)/t11-,14+/m0/s1. The van der Waals surface area contributed by atoms with Crippen molar-refractivity contribution in [2.45, 2.75) is 39.3 Å². The number of rotatable bonds is 7. The van der Waals surface area contributed by atoms with E-state index in [2.05, 4.69) is 17.6 Å². The molecule has 0 aliphatic rings. The Morgan fingerprint density at radius 2 is 1.89 bits per heavy atom. The van der Waals surface area contributed by atoms with Gasteiger partial charge in [-0.2, -0.15) is 0 Å². The highest BCUT2D eigenvalue weighted by atomic mass is 16.5. The molecular weight excluding hydrogens is 240 g/mol. The van der Waals surface area contributed by atoms with Crippen LogP contribution in [0.5, 0.6) is 5.75 Å². The molecule has 1 amide bonds. The zero-order valence-electron chi connectivity index (χ0n) is 12.2. The molecule has 4 nitrogen and oxygen atoms in total. The molecule has 0 aliphatic carbocycles. The third-order valence-corrected chi connectivity index (χ3v) is 3.12. The molecule has 1 rings (SSSR count). The van der Waals surface area contributed by atoms with Crippen molar-refractivity contribution < 1.29 is 9.53 Å². The number of hydrogen-bond donors (Lipinski definition) is 2. The van der Waals surface area contributed by atoms with Gasteiger partial charge in [-0.15, -0.1) is 0 Å². The van der Waals surface area contributed by atoms with Gasteiger partial charge >= 0.3 is 0 Å². The maximum absolute atomic E-state index is 11.7. The third-order valence-electron chi connectivity index (χ3n) is 3.12. The van der Waals surface area contributed by atoms with Gasteiger partial charge in [-0.3, -0.25) is 10.1 Å². The summed E-state index contributed by atoms with van der Waals surface area (Å²) in [6.45, 7) is 6.57. The van der Waals surface area contributed by atoms with Crippen molar-refractivity contribution in [3.8, 4) is 5.75 Å². The van der Waals surface area contributed by atoms with Gasteiger partial charge in [-0.1, -0.05) is 19.1 Å². The number of amides is 1. The van der Waals surface area contributed by atoms with Crippen molar-refractivity contribution in [2.24, 2.45) is 0 Å². The van der Waals surface area contributed by atoms with Crippen LogP contribution in [0.1, 0.15) is 38.8 Å². The van der Waals surface area contributed by atoms with Gasteiger partial charge < -0.3 is 10.1 Å². The van der Waals surface area contributed by atoms with Crippen LogP contribution in [0.4, 0.5) is 0 Å². The van der Waals surface area contributed by atoms with Gasteiger partial charge in [0, 0.05) is 12.6 Å². The minimum atomic E-state index is -0.202. The molecule has 0 aromatic heterocycles. The topological polar surface area (TPSA) is 50.4 Å². The summed E-state index contributed by atoms with van der Waals surface area (Å²) in [4.78, 5) is 11.7. The van der Waals surface area contributed by atoms with Crippen LogP contribution in [0, 0.1) is 0 Å². The predicted molar refractivity (Wildman–Crippen MR) is 77.3 cm³/mol. The molecule has 0 heterocycles. The lowest BCUT2D eigenvalue weighted by Gasteiger charge is -2.22. The molecule has 0 aliphatic heterocycles. The summed E-state index contributed by atoms with van der Waals surface area (Å²) < 4.78 is 5.15. The molecule has 0 saturated heterocycles. The minimum Gasteiger partial charge on any atom is -0.497 e. The van der Waals surface area contributed by atoms with Gasteiger partial charge in [0.25, 0.3) is 0 Å². The van der Waals surface area contributed by atoms with Crippen molar-refractivity contribution in [3.05, 3.63) is 29.8 Å². The van der Waals surface area contributed by atoms with Gasteiger partial charge in [0.1, 0.15) is 5.75 Å². The predicted octanol–water partition coefficient (Wildman–Crippen LogP) is 2.26. The van der Waals surface area contributed by atoms with Gasteiger partial charge in [-0.05, 0) is 38.0 Å². The Balaban J connectivity index is 2.68. The average molecular weight is 264 g/mol. The molecule has 0 unspecified atom stereocenters. The zero-order chi connectivity index (χ0) is 14.3. The fraction of sp³-hybridized carbons (Fsp3) is 0.533. The molecule has 19 heavy (non-hydrogen) atoms. The Morgan fingerprint density at radius 3 is 2.37 bits per heavy atom. The SMILES string of the molecule is CCNC(=O)[C@H](C)N[C@H](CC)c1ccc(OC)cc1. The van der Waals surface area contributed by atoms with Crippen LogP contribution in [0.15, 0.2) is 24.3 Å². The summed E-state index contributed by atoms with van der Waals surface area (Å²) in [6, 6.07) is 7.91. The minimum absolute atomic E-state index is 0.0365. The summed E-state index contributed by atoms with van der Waals surface area (Å²) in [5.41, 5.74) is 1.17. The largest absolute Gasteiger partial charge is 0.497 e. The van der Waals surface area contributed by atoms with E-state index in [9.17, 15) is 4.79 Å². The second-order valence-corrected chi connectivity index (χ2v) is 4.52. The van der Waals surface area contributed by atoms with Crippen LogP contribution < -0.4 is 15.4 Å². The first-order valence-corrected chi connectivity index (χ1v) is 6.80. The molecule has 0 radical (unpaired) electrons. The second kappa shape index (κ2) is 7.79. The number of methoxy groups -OCH3 is 1. The van der Waals surface area contributed by atoms with E-state index in [0.717, 1.165) is 12.2 Å². The van der Waals surface area contributed by atoms with E-state index < -0.39 is 0 Å². The Labute approximate surface area is 115 Å². The Morgan fingerprint density at radius 1 is 1.26 bits per heavy atom. The maximum Gasteiger partial charge on any atom is 0.236 e. The number of carbonyl (C=O) groups excluding carboxylic acids is 1. The van der Waals surface area contributed by atoms with Crippen LogP contribution >= 0.6 is 0 Å². The number of hydrogen-bond acceptors (Lipinski definition) is 3. The molecule has 1 aromatic rings. The van der Waals surface area contributed by atoms with E-state index in [1.807, 2.05) is 38.1 Å². The van der Waals surface area contributed by atoms with Crippen LogP contribution in [-0.2, 0) is 4.79 Å². The lowest BCUT2D eigenvalue weighted by molar-refractivity contribution is -0.122. The molecule has 4 heteroatoms. The lowest BCUT2D eigenvalue weighted by Crippen LogP contribution is -2.43. The molecule has 2 N–H and O–H groups in total. The number of nitrogens with one attached hydrogen (secondary N) is 2. The monoisotopic (exact) mass is 264 g/mol. The number of likely N-dealkylation sites (N-methyl/N-ethyl adjacent to an activating group) is 1. The summed E-state index contributed by atoms with van der Waals surface area (Å²) in [5.74, 6) is 0.879. The summed E-state index contributed by atoms with van der Waals surface area (Å²) in [5, 5.41) is 6.18. The van der Waals surface area contributed by atoms with Crippen molar-refractivity contribution in [3.63, 3.8) is 0 Å². The molecule has 1 aromatic carbocycles. The van der Waals surface area contributed by atoms with Gasteiger partial charge in [0.15, 0.2) is 0 Å². The quantitative estimate of drug-likeness (QED) is 0.794. The Hall–Kier alpha value is -1.55. The summed E-state index contributed by atoms with van der Waals surface area (Å²) in [7, 11) is 1.65. The number of carbonyl (C=O) groups is 1.